The fourth-order valence-corrected chi connectivity index (χ4v) is 1.65. The summed E-state index contributed by atoms with van der Waals surface area (Å²) in [5, 5.41) is 12.1. The molecule has 0 heterocycles. The van der Waals surface area contributed by atoms with Gasteiger partial charge in [-0.25, -0.2) is 4.99 Å². The van der Waals surface area contributed by atoms with Crippen LogP contribution in [0.3, 0.4) is 0 Å². The number of allylic oxidation sites excluding steroid dienone is 1. The monoisotopic (exact) mass is 295 g/mol. The number of aliphatic hydroxyl groups excluding tert-OH is 1. The van der Waals surface area contributed by atoms with Gasteiger partial charge in [-0.1, -0.05) is 29.8 Å². The molecule has 1 N–H and O–H groups in total. The van der Waals surface area contributed by atoms with Crippen molar-refractivity contribution in [2.75, 3.05) is 13.7 Å². The van der Waals surface area contributed by atoms with Crippen molar-refractivity contribution in [2.24, 2.45) is 10.2 Å². The SMILES string of the molecule is CC/C=C\CC(=N/C=C(\C)CC(C)(CO)N=O)N(C)C=O. The molecule has 0 aromatic heterocycles. The highest BCUT2D eigenvalue weighted by Gasteiger charge is 2.24. The number of carbonyl (C=O) groups is 1. The Hall–Kier alpha value is -1.82. The van der Waals surface area contributed by atoms with Crippen molar-refractivity contribution in [3.63, 3.8) is 0 Å². The summed E-state index contributed by atoms with van der Waals surface area (Å²) in [7, 11) is 1.64. The van der Waals surface area contributed by atoms with Crippen molar-refractivity contribution in [1.82, 2.24) is 4.90 Å². The maximum atomic E-state index is 10.9. The predicted octanol–water partition coefficient (Wildman–Crippen LogP) is 2.64. The number of rotatable bonds is 9. The second kappa shape index (κ2) is 9.99. The Labute approximate surface area is 126 Å². The molecule has 0 spiro atoms. The van der Waals surface area contributed by atoms with Crippen LogP contribution in [0.2, 0.25) is 0 Å². The van der Waals surface area contributed by atoms with Crippen molar-refractivity contribution >= 4 is 12.2 Å². The van der Waals surface area contributed by atoms with Gasteiger partial charge in [-0.2, -0.15) is 4.91 Å². The molecule has 0 fully saturated rings. The molecule has 1 atom stereocenters. The lowest BCUT2D eigenvalue weighted by Crippen LogP contribution is -2.26. The van der Waals surface area contributed by atoms with Crippen LogP contribution in [0.5, 0.6) is 0 Å². The molecule has 0 aromatic carbocycles. The zero-order chi connectivity index (χ0) is 16.3. The maximum Gasteiger partial charge on any atom is 0.214 e. The van der Waals surface area contributed by atoms with Gasteiger partial charge in [-0.3, -0.25) is 4.79 Å². The second-order valence-electron chi connectivity index (χ2n) is 5.24. The van der Waals surface area contributed by atoms with Crippen LogP contribution in [-0.4, -0.2) is 41.4 Å². The highest BCUT2D eigenvalue weighted by Crippen LogP contribution is 2.19. The Balaban J connectivity index is 5.01. The fourth-order valence-electron chi connectivity index (χ4n) is 1.65. The largest absolute Gasteiger partial charge is 0.394 e. The van der Waals surface area contributed by atoms with E-state index >= 15 is 0 Å². The van der Waals surface area contributed by atoms with Gasteiger partial charge in [0.05, 0.1) is 6.61 Å². The van der Waals surface area contributed by atoms with E-state index in [0.717, 1.165) is 12.0 Å². The minimum absolute atomic E-state index is 0.314. The van der Waals surface area contributed by atoms with E-state index < -0.39 is 5.54 Å². The van der Waals surface area contributed by atoms with Crippen LogP contribution in [-0.2, 0) is 4.79 Å². The molecule has 0 radical (unpaired) electrons. The van der Waals surface area contributed by atoms with E-state index in [9.17, 15) is 9.70 Å². The lowest BCUT2D eigenvalue weighted by atomic mass is 9.96. The van der Waals surface area contributed by atoms with Gasteiger partial charge in [-0.15, -0.1) is 0 Å². The Bertz CT molecular complexity index is 430. The zero-order valence-electron chi connectivity index (χ0n) is 13.2. The average Bonchev–Trinajstić information content (AvgIpc) is 2.49. The van der Waals surface area contributed by atoms with Crippen LogP contribution < -0.4 is 0 Å². The highest BCUT2D eigenvalue weighted by atomic mass is 16.3. The summed E-state index contributed by atoms with van der Waals surface area (Å²) in [6.07, 6.45) is 8.06. The van der Waals surface area contributed by atoms with E-state index in [2.05, 4.69) is 10.2 Å². The number of nitrogens with zero attached hydrogens (tertiary/aromatic N) is 3. The van der Waals surface area contributed by atoms with Gasteiger partial charge in [0.2, 0.25) is 6.41 Å². The third-order valence-corrected chi connectivity index (χ3v) is 2.92. The molecule has 0 bridgehead atoms. The highest BCUT2D eigenvalue weighted by molar-refractivity contribution is 5.91. The van der Waals surface area contributed by atoms with Gasteiger partial charge in [0, 0.05) is 26.1 Å². The van der Waals surface area contributed by atoms with Gasteiger partial charge >= 0.3 is 0 Å². The van der Waals surface area contributed by atoms with Gasteiger partial charge < -0.3 is 10.0 Å². The topological polar surface area (TPSA) is 82.3 Å². The first-order chi connectivity index (χ1) is 9.92. The zero-order valence-corrected chi connectivity index (χ0v) is 13.2. The number of amides is 1. The number of nitroso groups, excluding NO2 is 1. The predicted molar refractivity (Wildman–Crippen MR) is 85.0 cm³/mol. The summed E-state index contributed by atoms with van der Waals surface area (Å²) in [5.41, 5.74) is -0.225. The Morgan fingerprint density at radius 3 is 2.52 bits per heavy atom. The number of amidine groups is 1. The third-order valence-electron chi connectivity index (χ3n) is 2.92. The number of aliphatic imine (C=N–C) groups is 1. The first-order valence-corrected chi connectivity index (χ1v) is 6.93. The molecule has 0 aromatic rings. The summed E-state index contributed by atoms with van der Waals surface area (Å²) >= 11 is 0. The lowest BCUT2D eigenvalue weighted by Gasteiger charge is -2.18. The van der Waals surface area contributed by atoms with Crippen LogP contribution in [0.15, 0.2) is 34.1 Å². The number of hydrogen-bond acceptors (Lipinski definition) is 5. The minimum atomic E-state index is -1.03. The van der Waals surface area contributed by atoms with Crippen molar-refractivity contribution in [3.8, 4) is 0 Å². The van der Waals surface area contributed by atoms with E-state index in [-0.39, 0.29) is 6.61 Å². The van der Waals surface area contributed by atoms with Crippen LogP contribution in [0.25, 0.3) is 0 Å². The molecular weight excluding hydrogens is 270 g/mol. The molecule has 0 aliphatic rings. The second-order valence-corrected chi connectivity index (χ2v) is 5.24. The average molecular weight is 295 g/mol. The van der Waals surface area contributed by atoms with Crippen molar-refractivity contribution in [2.45, 2.75) is 45.6 Å². The summed E-state index contributed by atoms with van der Waals surface area (Å²) in [5.74, 6) is 0.610. The third kappa shape index (κ3) is 7.51. The van der Waals surface area contributed by atoms with Crippen molar-refractivity contribution in [3.05, 3.63) is 28.8 Å². The first kappa shape index (κ1) is 19.2. The molecule has 6 nitrogen and oxygen atoms in total. The number of aliphatic hydroxyl groups is 1. The van der Waals surface area contributed by atoms with Crippen LogP contribution in [0.4, 0.5) is 0 Å². The molecular formula is C15H25N3O3. The lowest BCUT2D eigenvalue weighted by molar-refractivity contribution is -0.114. The first-order valence-electron chi connectivity index (χ1n) is 6.93. The molecule has 118 valence electrons. The standard InChI is InChI=1S/C15H25N3O3/c1-5-6-7-8-14(18(4)12-20)16-10-13(2)9-15(3,11-19)17-21/h6-7,10,12,19H,5,8-9,11H2,1-4H3/b7-6-,13-10+,16-14?. The molecule has 1 amide bonds. The molecule has 0 saturated carbocycles. The normalized spacial score (nSPS) is 15.9. The summed E-state index contributed by atoms with van der Waals surface area (Å²) in [6, 6.07) is 0. The number of carbonyl (C=O) groups excluding carboxylic acids is 1. The Kier molecular flexibility index (Phi) is 9.12. The molecule has 0 aliphatic heterocycles. The number of hydrogen-bond donors (Lipinski definition) is 1. The van der Waals surface area contributed by atoms with E-state index in [1.54, 1.807) is 20.2 Å². The summed E-state index contributed by atoms with van der Waals surface area (Å²) < 4.78 is 0. The smallest absolute Gasteiger partial charge is 0.214 e. The molecule has 0 aliphatic carbocycles. The van der Waals surface area contributed by atoms with Gasteiger partial charge in [0.1, 0.15) is 11.4 Å². The van der Waals surface area contributed by atoms with E-state index in [0.29, 0.717) is 25.1 Å². The van der Waals surface area contributed by atoms with Gasteiger partial charge in [0.25, 0.3) is 0 Å². The maximum absolute atomic E-state index is 10.9. The quantitative estimate of drug-likeness (QED) is 0.233. The van der Waals surface area contributed by atoms with Crippen molar-refractivity contribution in [1.29, 1.82) is 0 Å². The van der Waals surface area contributed by atoms with Crippen molar-refractivity contribution < 1.29 is 9.90 Å². The van der Waals surface area contributed by atoms with E-state index in [4.69, 9.17) is 5.11 Å². The molecule has 0 saturated heterocycles. The molecule has 6 heteroatoms. The van der Waals surface area contributed by atoms with Crippen LogP contribution in [0.1, 0.15) is 40.0 Å². The molecule has 1 unspecified atom stereocenters. The Morgan fingerprint density at radius 2 is 2.05 bits per heavy atom. The molecule has 21 heavy (non-hydrogen) atoms. The van der Waals surface area contributed by atoms with E-state index in [1.165, 1.54) is 4.90 Å². The summed E-state index contributed by atoms with van der Waals surface area (Å²) in [4.78, 5) is 27.3. The van der Waals surface area contributed by atoms with E-state index in [1.807, 2.05) is 26.0 Å². The van der Waals surface area contributed by atoms with Gasteiger partial charge in [0.15, 0.2) is 0 Å². The van der Waals surface area contributed by atoms with Gasteiger partial charge in [-0.05, 0) is 20.3 Å². The summed E-state index contributed by atoms with van der Waals surface area (Å²) in [6.45, 7) is 5.11. The Morgan fingerprint density at radius 1 is 1.38 bits per heavy atom. The fraction of sp³-hybridized carbons (Fsp3) is 0.600. The minimum Gasteiger partial charge on any atom is -0.394 e. The molecule has 0 rings (SSSR count). The van der Waals surface area contributed by atoms with Crippen LogP contribution in [0, 0.1) is 4.91 Å². The van der Waals surface area contributed by atoms with Crippen LogP contribution >= 0.6 is 0 Å².